The molecule has 3 N–H and O–H groups in total. The van der Waals surface area contributed by atoms with Crippen LogP contribution in [0, 0.1) is 0 Å². The van der Waals surface area contributed by atoms with E-state index in [4.69, 9.17) is 5.73 Å². The van der Waals surface area contributed by atoms with Gasteiger partial charge in [0.25, 0.3) is 0 Å². The van der Waals surface area contributed by atoms with Crippen LogP contribution in [0.5, 0.6) is 0 Å². The molecule has 4 aromatic rings. The zero-order valence-corrected chi connectivity index (χ0v) is 14.0. The molecule has 0 aliphatic carbocycles. The number of hydrogen-bond acceptors (Lipinski definition) is 4. The van der Waals surface area contributed by atoms with Crippen LogP contribution in [-0.4, -0.2) is 21.0 Å². The van der Waals surface area contributed by atoms with Gasteiger partial charge in [0.15, 0.2) is 5.82 Å². The number of aromatic carboxylic acids is 1. The van der Waals surface area contributed by atoms with Gasteiger partial charge in [0.05, 0.1) is 11.1 Å². The third-order valence-corrected chi connectivity index (χ3v) is 4.51. The second-order valence-electron chi connectivity index (χ2n) is 6.26. The topological polar surface area (TPSA) is 89.1 Å². The van der Waals surface area contributed by atoms with Crippen LogP contribution in [-0.2, 0) is 12.8 Å². The van der Waals surface area contributed by atoms with Crippen LogP contribution in [0.4, 0.5) is 5.82 Å². The van der Waals surface area contributed by atoms with Crippen molar-refractivity contribution in [1.82, 2.24) is 9.97 Å². The molecule has 4 rings (SSSR count). The van der Waals surface area contributed by atoms with Crippen molar-refractivity contribution in [1.29, 1.82) is 0 Å². The van der Waals surface area contributed by atoms with E-state index in [0.29, 0.717) is 16.9 Å². The number of hydrogen-bond donors (Lipinski definition) is 2. The first-order chi connectivity index (χ1) is 12.6. The van der Waals surface area contributed by atoms with Crippen molar-refractivity contribution >= 4 is 33.6 Å². The molecule has 0 unspecified atom stereocenters. The number of nitrogen functional groups attached to an aromatic ring is 1. The lowest BCUT2D eigenvalue weighted by Crippen LogP contribution is -2.00. The van der Waals surface area contributed by atoms with Crippen LogP contribution in [0.25, 0.3) is 21.8 Å². The molecule has 2 aromatic heterocycles. The quantitative estimate of drug-likeness (QED) is 0.549. The summed E-state index contributed by atoms with van der Waals surface area (Å²) >= 11 is 0. The molecule has 128 valence electrons. The van der Waals surface area contributed by atoms with Gasteiger partial charge in [0.1, 0.15) is 5.52 Å². The van der Waals surface area contributed by atoms with Crippen LogP contribution in [0.2, 0.25) is 0 Å². The number of aryl methyl sites for hydroxylation is 2. The van der Waals surface area contributed by atoms with Crippen LogP contribution in [0.1, 0.15) is 21.5 Å². The first-order valence-corrected chi connectivity index (χ1v) is 8.37. The van der Waals surface area contributed by atoms with Gasteiger partial charge in [-0.05, 0) is 42.2 Å². The second-order valence-corrected chi connectivity index (χ2v) is 6.26. The molecule has 0 fully saturated rings. The molecule has 0 spiro atoms. The van der Waals surface area contributed by atoms with Crippen molar-refractivity contribution < 1.29 is 9.90 Å². The summed E-state index contributed by atoms with van der Waals surface area (Å²) < 4.78 is 0. The highest BCUT2D eigenvalue weighted by Gasteiger charge is 2.11. The normalized spacial score (nSPS) is 11.1. The van der Waals surface area contributed by atoms with Gasteiger partial charge in [-0.1, -0.05) is 36.4 Å². The summed E-state index contributed by atoms with van der Waals surface area (Å²) in [5.41, 5.74) is 9.83. The second kappa shape index (κ2) is 6.44. The number of rotatable bonds is 4. The number of carboxylic acid groups (broad SMARTS) is 1. The van der Waals surface area contributed by atoms with Gasteiger partial charge in [-0.2, -0.15) is 0 Å². The van der Waals surface area contributed by atoms with Crippen molar-refractivity contribution in [3.63, 3.8) is 0 Å². The largest absolute Gasteiger partial charge is 0.478 e. The molecule has 5 heteroatoms. The Balaban J connectivity index is 1.78. The highest BCUT2D eigenvalue weighted by atomic mass is 16.4. The van der Waals surface area contributed by atoms with E-state index in [-0.39, 0.29) is 5.56 Å². The monoisotopic (exact) mass is 343 g/mol. The summed E-state index contributed by atoms with van der Waals surface area (Å²) in [6, 6.07) is 17.3. The minimum atomic E-state index is -0.984. The summed E-state index contributed by atoms with van der Waals surface area (Å²) in [6.07, 6.45) is 3.63. The lowest BCUT2D eigenvalue weighted by molar-refractivity contribution is 0.0697. The minimum Gasteiger partial charge on any atom is -0.478 e. The fraction of sp³-hybridized carbons (Fsp3) is 0.0952. The van der Waals surface area contributed by atoms with Gasteiger partial charge in [-0.15, -0.1) is 0 Å². The van der Waals surface area contributed by atoms with Gasteiger partial charge >= 0.3 is 5.97 Å². The molecule has 5 nitrogen and oxygen atoms in total. The predicted molar refractivity (Wildman–Crippen MR) is 102 cm³/mol. The molecule has 0 saturated carbocycles. The number of nitrogens with zero attached hydrogens (tertiary/aromatic N) is 2. The molecular formula is C21H17N3O2. The Morgan fingerprint density at radius 1 is 0.962 bits per heavy atom. The van der Waals surface area contributed by atoms with E-state index in [9.17, 15) is 9.90 Å². The molecule has 0 atom stereocenters. The molecule has 0 aliphatic rings. The summed E-state index contributed by atoms with van der Waals surface area (Å²) in [5, 5.41) is 10.9. The minimum absolute atomic E-state index is 0.192. The average Bonchev–Trinajstić information content (AvgIpc) is 2.66. The zero-order chi connectivity index (χ0) is 18.1. The Morgan fingerprint density at radius 3 is 2.50 bits per heavy atom. The molecule has 2 heterocycles. The van der Waals surface area contributed by atoms with Gasteiger partial charge in [-0.3, -0.25) is 4.98 Å². The van der Waals surface area contributed by atoms with E-state index in [2.05, 4.69) is 28.2 Å². The smallest absolute Gasteiger partial charge is 0.335 e. The van der Waals surface area contributed by atoms with Crippen LogP contribution in [0.3, 0.4) is 0 Å². The Kier molecular flexibility index (Phi) is 3.97. The number of carboxylic acids is 1. The summed E-state index contributed by atoms with van der Waals surface area (Å²) in [6.45, 7) is 0. The van der Waals surface area contributed by atoms with Crippen molar-refractivity contribution in [3.05, 3.63) is 77.5 Å². The maximum absolute atomic E-state index is 11.2. The van der Waals surface area contributed by atoms with Crippen LogP contribution < -0.4 is 5.73 Å². The summed E-state index contributed by atoms with van der Waals surface area (Å²) in [5.74, 6) is -0.674. The Morgan fingerprint density at radius 2 is 1.73 bits per heavy atom. The standard InChI is InChI=1S/C21H17N3O2/c22-20-19-17(16-9-8-15(21(25)26)11-18(16)24-20)10-14(12-23-19)7-6-13-4-2-1-3-5-13/h1-5,8-12H,6-7H2,(H2,22,24)(H,25,26). The number of anilines is 1. The lowest BCUT2D eigenvalue weighted by Gasteiger charge is -2.09. The van der Waals surface area contributed by atoms with Crippen LogP contribution >= 0.6 is 0 Å². The SMILES string of the molecule is Nc1nc2cc(C(=O)O)ccc2c2cc(CCc3ccccc3)cnc12. The Bertz CT molecular complexity index is 1120. The highest BCUT2D eigenvalue weighted by molar-refractivity contribution is 6.09. The summed E-state index contributed by atoms with van der Waals surface area (Å²) in [7, 11) is 0. The third-order valence-electron chi connectivity index (χ3n) is 4.51. The fourth-order valence-corrected chi connectivity index (χ4v) is 3.16. The lowest BCUT2D eigenvalue weighted by atomic mass is 10.0. The van der Waals surface area contributed by atoms with E-state index >= 15 is 0 Å². The van der Waals surface area contributed by atoms with Crippen molar-refractivity contribution in [2.24, 2.45) is 0 Å². The van der Waals surface area contributed by atoms with E-state index in [1.54, 1.807) is 18.2 Å². The highest BCUT2D eigenvalue weighted by Crippen LogP contribution is 2.28. The van der Waals surface area contributed by atoms with Gasteiger partial charge < -0.3 is 10.8 Å². The van der Waals surface area contributed by atoms with E-state index in [0.717, 1.165) is 29.2 Å². The van der Waals surface area contributed by atoms with E-state index in [1.807, 2.05) is 24.4 Å². The molecule has 26 heavy (non-hydrogen) atoms. The van der Waals surface area contributed by atoms with E-state index in [1.165, 1.54) is 5.56 Å². The third kappa shape index (κ3) is 2.95. The van der Waals surface area contributed by atoms with Crippen molar-refractivity contribution in [2.75, 3.05) is 5.73 Å². The maximum atomic E-state index is 11.2. The molecule has 0 amide bonds. The average molecular weight is 343 g/mol. The van der Waals surface area contributed by atoms with E-state index < -0.39 is 5.97 Å². The van der Waals surface area contributed by atoms with Gasteiger partial charge in [0, 0.05) is 17.0 Å². The van der Waals surface area contributed by atoms with Gasteiger partial charge in [-0.25, -0.2) is 9.78 Å². The fourth-order valence-electron chi connectivity index (χ4n) is 3.16. The zero-order valence-electron chi connectivity index (χ0n) is 14.0. The number of fused-ring (bicyclic) bond motifs is 3. The molecule has 0 bridgehead atoms. The maximum Gasteiger partial charge on any atom is 0.335 e. The number of nitrogens with two attached hydrogens (primary N) is 1. The predicted octanol–water partition coefficient (Wildman–Crippen LogP) is 3.85. The van der Waals surface area contributed by atoms with Crippen LogP contribution in [0.15, 0.2) is 60.8 Å². The van der Waals surface area contributed by atoms with Crippen molar-refractivity contribution in [2.45, 2.75) is 12.8 Å². The molecule has 0 aliphatic heterocycles. The Labute approximate surface area is 150 Å². The number of benzene rings is 2. The first kappa shape index (κ1) is 16.0. The number of pyridine rings is 2. The number of aromatic nitrogens is 2. The molecular weight excluding hydrogens is 326 g/mol. The molecule has 2 aromatic carbocycles. The van der Waals surface area contributed by atoms with Crippen molar-refractivity contribution in [3.8, 4) is 0 Å². The number of carbonyl (C=O) groups is 1. The molecule has 0 radical (unpaired) electrons. The molecule has 0 saturated heterocycles. The summed E-state index contributed by atoms with van der Waals surface area (Å²) in [4.78, 5) is 20.0. The Hall–Kier alpha value is -3.47. The first-order valence-electron chi connectivity index (χ1n) is 8.37. The van der Waals surface area contributed by atoms with Gasteiger partial charge in [0.2, 0.25) is 0 Å².